The van der Waals surface area contributed by atoms with Gasteiger partial charge in [0.2, 0.25) is 0 Å². The zero-order valence-electron chi connectivity index (χ0n) is 13.9. The maximum absolute atomic E-state index is 5.99. The number of rotatable bonds is 4. The van der Waals surface area contributed by atoms with Gasteiger partial charge in [0.15, 0.2) is 11.4 Å². The quantitative estimate of drug-likeness (QED) is 0.604. The number of nitrogens with one attached hydrogen (secondary N) is 1. The van der Waals surface area contributed by atoms with E-state index in [4.69, 9.17) is 9.15 Å². The standard InChI is InChI=1S/C19H17N3O2.ClH/c1-3-16-21-17-14-9-4-5-10-15(14)24-18(17)19(22-16)20-12-7-6-8-13(11-12)23-2;/h4-11H,3H2,1-2H3,(H,20,21,22);1H/p-1. The number of furan rings is 1. The fraction of sp³-hybridized carbons (Fsp3) is 0.158. The van der Waals surface area contributed by atoms with Gasteiger partial charge in [-0.3, -0.25) is 0 Å². The molecule has 0 radical (unpaired) electrons. The van der Waals surface area contributed by atoms with E-state index in [2.05, 4.69) is 15.3 Å². The summed E-state index contributed by atoms with van der Waals surface area (Å²) in [4.78, 5) is 9.26. The molecule has 128 valence electrons. The van der Waals surface area contributed by atoms with Crippen LogP contribution in [0.5, 0.6) is 5.75 Å². The van der Waals surface area contributed by atoms with Gasteiger partial charge in [-0.2, -0.15) is 0 Å². The van der Waals surface area contributed by atoms with Gasteiger partial charge in [0.05, 0.1) is 7.11 Å². The number of methoxy groups -OCH3 is 1. The van der Waals surface area contributed by atoms with Crippen molar-refractivity contribution in [3.05, 3.63) is 54.4 Å². The number of hydrogen-bond acceptors (Lipinski definition) is 5. The van der Waals surface area contributed by atoms with Gasteiger partial charge in [-0.05, 0) is 24.3 Å². The Morgan fingerprint density at radius 3 is 2.72 bits per heavy atom. The molecule has 0 amide bonds. The zero-order chi connectivity index (χ0) is 16.5. The summed E-state index contributed by atoms with van der Waals surface area (Å²) in [5, 5.41) is 4.33. The van der Waals surface area contributed by atoms with E-state index < -0.39 is 0 Å². The number of benzene rings is 2. The molecule has 0 atom stereocenters. The summed E-state index contributed by atoms with van der Waals surface area (Å²) in [6.45, 7) is 2.04. The Bertz CT molecular complexity index is 1030. The molecule has 1 N–H and O–H groups in total. The van der Waals surface area contributed by atoms with Crippen LogP contribution in [0.15, 0.2) is 52.9 Å². The van der Waals surface area contributed by atoms with Crippen LogP contribution in [0.25, 0.3) is 22.1 Å². The van der Waals surface area contributed by atoms with E-state index in [0.717, 1.165) is 40.2 Å². The SMILES string of the molecule is CCc1nc(Nc2cccc(OC)c2)c2oc3ccccc3c2n1.[Cl-]. The van der Waals surface area contributed by atoms with E-state index in [1.54, 1.807) is 7.11 Å². The number of aryl methyl sites for hydroxylation is 1. The van der Waals surface area contributed by atoms with Crippen LogP contribution in [-0.4, -0.2) is 17.1 Å². The van der Waals surface area contributed by atoms with Crippen LogP contribution in [0.1, 0.15) is 12.7 Å². The average molecular weight is 355 g/mol. The van der Waals surface area contributed by atoms with Gasteiger partial charge < -0.3 is 26.9 Å². The van der Waals surface area contributed by atoms with Gasteiger partial charge in [0.25, 0.3) is 0 Å². The van der Waals surface area contributed by atoms with Crippen LogP contribution in [-0.2, 0) is 6.42 Å². The van der Waals surface area contributed by atoms with Crippen molar-refractivity contribution in [1.29, 1.82) is 0 Å². The molecule has 0 aliphatic rings. The summed E-state index contributed by atoms with van der Waals surface area (Å²) in [5.41, 5.74) is 3.19. The second kappa shape index (κ2) is 6.99. The van der Waals surface area contributed by atoms with Crippen LogP contribution in [0.3, 0.4) is 0 Å². The number of halogens is 1. The van der Waals surface area contributed by atoms with Gasteiger partial charge in [-0.1, -0.05) is 25.1 Å². The molecule has 0 saturated heterocycles. The number of aromatic nitrogens is 2. The lowest BCUT2D eigenvalue weighted by Gasteiger charge is -2.08. The first-order chi connectivity index (χ1) is 11.8. The Balaban J connectivity index is 0.00000182. The van der Waals surface area contributed by atoms with E-state index in [1.807, 2.05) is 55.5 Å². The van der Waals surface area contributed by atoms with Gasteiger partial charge in [-0.25, -0.2) is 9.97 Å². The van der Waals surface area contributed by atoms with Crippen molar-refractivity contribution in [3.8, 4) is 5.75 Å². The molecule has 0 aliphatic heterocycles. The van der Waals surface area contributed by atoms with Gasteiger partial charge in [-0.15, -0.1) is 0 Å². The lowest BCUT2D eigenvalue weighted by molar-refractivity contribution is -0.00000572. The predicted octanol–water partition coefficient (Wildman–Crippen LogP) is 1.69. The molecule has 4 rings (SSSR count). The molecular formula is C19H17ClN3O2-. The molecule has 0 fully saturated rings. The minimum atomic E-state index is 0. The van der Waals surface area contributed by atoms with E-state index >= 15 is 0 Å². The number of hydrogen-bond donors (Lipinski definition) is 1. The Morgan fingerprint density at radius 2 is 1.92 bits per heavy atom. The Hall–Kier alpha value is -2.79. The summed E-state index contributed by atoms with van der Waals surface area (Å²) in [5.74, 6) is 2.23. The van der Waals surface area contributed by atoms with Crippen LogP contribution >= 0.6 is 0 Å². The molecule has 0 spiro atoms. The molecule has 5 nitrogen and oxygen atoms in total. The minimum absolute atomic E-state index is 0. The van der Waals surface area contributed by atoms with E-state index in [-0.39, 0.29) is 12.4 Å². The number of fused-ring (bicyclic) bond motifs is 3. The molecule has 2 aromatic carbocycles. The summed E-state index contributed by atoms with van der Waals surface area (Å²) in [7, 11) is 1.65. The minimum Gasteiger partial charge on any atom is -1.00 e. The predicted molar refractivity (Wildman–Crippen MR) is 95.0 cm³/mol. The molecule has 2 heterocycles. The highest BCUT2D eigenvalue weighted by molar-refractivity contribution is 6.06. The fourth-order valence-corrected chi connectivity index (χ4v) is 2.72. The summed E-state index contributed by atoms with van der Waals surface area (Å²) in [6.07, 6.45) is 0.752. The highest BCUT2D eigenvalue weighted by Gasteiger charge is 2.15. The number of nitrogens with zero attached hydrogens (tertiary/aromatic N) is 2. The Labute approximate surface area is 151 Å². The molecule has 0 bridgehead atoms. The molecule has 4 aromatic rings. The highest BCUT2D eigenvalue weighted by Crippen LogP contribution is 2.33. The van der Waals surface area contributed by atoms with Crippen molar-refractivity contribution < 1.29 is 21.6 Å². The van der Waals surface area contributed by atoms with Crippen molar-refractivity contribution in [1.82, 2.24) is 9.97 Å². The van der Waals surface area contributed by atoms with Crippen molar-refractivity contribution in [2.24, 2.45) is 0 Å². The summed E-state index contributed by atoms with van der Waals surface area (Å²) >= 11 is 0. The van der Waals surface area contributed by atoms with E-state index in [9.17, 15) is 0 Å². The highest BCUT2D eigenvalue weighted by atomic mass is 35.5. The first-order valence-electron chi connectivity index (χ1n) is 7.87. The second-order valence-corrected chi connectivity index (χ2v) is 5.47. The van der Waals surface area contributed by atoms with Crippen molar-refractivity contribution >= 4 is 33.6 Å². The first kappa shape index (κ1) is 17.0. The maximum atomic E-state index is 5.99. The maximum Gasteiger partial charge on any atom is 0.196 e. The molecule has 0 saturated carbocycles. The third-order valence-corrected chi connectivity index (χ3v) is 3.91. The largest absolute Gasteiger partial charge is 1.00 e. The zero-order valence-corrected chi connectivity index (χ0v) is 14.7. The monoisotopic (exact) mass is 354 g/mol. The molecule has 0 unspecified atom stereocenters. The smallest absolute Gasteiger partial charge is 0.196 e. The average Bonchev–Trinajstić information content (AvgIpc) is 3.01. The van der Waals surface area contributed by atoms with Gasteiger partial charge in [0, 0.05) is 23.6 Å². The lowest BCUT2D eigenvalue weighted by Crippen LogP contribution is -3.00. The molecule has 0 aliphatic carbocycles. The second-order valence-electron chi connectivity index (χ2n) is 5.47. The molecular weight excluding hydrogens is 338 g/mol. The number of ether oxygens (including phenoxy) is 1. The molecule has 25 heavy (non-hydrogen) atoms. The van der Waals surface area contributed by atoms with Crippen molar-refractivity contribution in [3.63, 3.8) is 0 Å². The van der Waals surface area contributed by atoms with Crippen molar-refractivity contribution in [2.45, 2.75) is 13.3 Å². The molecule has 6 heteroatoms. The third kappa shape index (κ3) is 3.10. The Kier molecular flexibility index (Phi) is 4.76. The van der Waals surface area contributed by atoms with E-state index in [1.165, 1.54) is 0 Å². The van der Waals surface area contributed by atoms with Crippen LogP contribution < -0.4 is 22.5 Å². The van der Waals surface area contributed by atoms with Gasteiger partial charge in [0.1, 0.15) is 22.7 Å². The van der Waals surface area contributed by atoms with Gasteiger partial charge >= 0.3 is 0 Å². The van der Waals surface area contributed by atoms with Crippen LogP contribution in [0.2, 0.25) is 0 Å². The topological polar surface area (TPSA) is 60.2 Å². The Morgan fingerprint density at radius 1 is 1.08 bits per heavy atom. The number of para-hydroxylation sites is 1. The summed E-state index contributed by atoms with van der Waals surface area (Å²) in [6, 6.07) is 15.6. The van der Waals surface area contributed by atoms with Crippen molar-refractivity contribution in [2.75, 3.05) is 12.4 Å². The lowest BCUT2D eigenvalue weighted by atomic mass is 10.2. The summed E-state index contributed by atoms with van der Waals surface area (Å²) < 4.78 is 11.3. The van der Waals surface area contributed by atoms with Crippen LogP contribution in [0, 0.1) is 0 Å². The van der Waals surface area contributed by atoms with Crippen LogP contribution in [0.4, 0.5) is 11.5 Å². The number of anilines is 2. The normalized spacial score (nSPS) is 10.6. The first-order valence-corrected chi connectivity index (χ1v) is 7.87. The fourth-order valence-electron chi connectivity index (χ4n) is 2.72. The third-order valence-electron chi connectivity index (χ3n) is 3.91. The molecule has 2 aromatic heterocycles. The van der Waals surface area contributed by atoms with E-state index in [0.29, 0.717) is 11.4 Å².